The maximum absolute atomic E-state index is 12.5. The third-order valence-corrected chi connectivity index (χ3v) is 3.70. The highest BCUT2D eigenvalue weighted by Gasteiger charge is 2.16. The molecule has 1 aromatic carbocycles. The Balaban J connectivity index is 2.24. The molecule has 0 radical (unpaired) electrons. The van der Waals surface area contributed by atoms with Crippen LogP contribution in [0.2, 0.25) is 5.02 Å². The molecule has 0 bridgehead atoms. The van der Waals surface area contributed by atoms with Gasteiger partial charge in [-0.2, -0.15) is 0 Å². The van der Waals surface area contributed by atoms with Crippen LogP contribution < -0.4 is 10.1 Å². The van der Waals surface area contributed by atoms with Gasteiger partial charge in [-0.3, -0.25) is 4.79 Å². The van der Waals surface area contributed by atoms with Gasteiger partial charge in [0.2, 0.25) is 0 Å². The summed E-state index contributed by atoms with van der Waals surface area (Å²) in [6, 6.07) is 7.55. The molecule has 0 aliphatic heterocycles. The third kappa shape index (κ3) is 4.93. The highest BCUT2D eigenvalue weighted by Crippen LogP contribution is 2.29. The van der Waals surface area contributed by atoms with Crippen molar-refractivity contribution >= 4 is 29.2 Å². The zero-order valence-corrected chi connectivity index (χ0v) is 15.3. The normalized spacial score (nSPS) is 11.7. The summed E-state index contributed by atoms with van der Waals surface area (Å²) in [5.41, 5.74) is 0.763. The number of benzene rings is 1. The molecule has 1 unspecified atom stereocenters. The maximum Gasteiger partial charge on any atom is 0.337 e. The minimum atomic E-state index is -1.10. The number of aromatic nitrogens is 1. The van der Waals surface area contributed by atoms with Crippen molar-refractivity contribution < 1.29 is 24.2 Å². The number of amides is 1. The fourth-order valence-corrected chi connectivity index (χ4v) is 2.46. The summed E-state index contributed by atoms with van der Waals surface area (Å²) < 4.78 is 10.8. The summed E-state index contributed by atoms with van der Waals surface area (Å²) in [6.45, 7) is 3.74. The van der Waals surface area contributed by atoms with Crippen LogP contribution in [0.25, 0.3) is 0 Å². The van der Waals surface area contributed by atoms with Crippen LogP contribution in [-0.2, 0) is 4.74 Å². The molecule has 2 aromatic rings. The Morgan fingerprint density at radius 1 is 1.31 bits per heavy atom. The fraction of sp³-hybridized carbons (Fsp3) is 0.278. The molecule has 1 atom stereocenters. The first-order valence-corrected chi connectivity index (χ1v) is 8.17. The van der Waals surface area contributed by atoms with Gasteiger partial charge in [-0.1, -0.05) is 11.6 Å². The number of pyridine rings is 1. The molecule has 0 fully saturated rings. The average molecular weight is 379 g/mol. The van der Waals surface area contributed by atoms with E-state index in [2.05, 4.69) is 10.3 Å². The molecule has 7 nitrogen and oxygen atoms in total. The lowest BCUT2D eigenvalue weighted by molar-refractivity contribution is 0.0695. The standard InChI is InChI=1S/C18H19ClN2O5/c1-10(9-25-3)26-16-7-4-12(19)8-15(16)21-17(22)14-6-5-13(18(23)24)11(2)20-14/h4-8,10H,9H2,1-3H3,(H,21,22)(H,23,24). The monoisotopic (exact) mass is 378 g/mol. The van der Waals surface area contributed by atoms with Crippen LogP contribution in [0, 0.1) is 6.92 Å². The summed E-state index contributed by atoms with van der Waals surface area (Å²) in [6.07, 6.45) is -0.230. The van der Waals surface area contributed by atoms with Crippen LogP contribution >= 0.6 is 11.6 Å². The molecule has 138 valence electrons. The van der Waals surface area contributed by atoms with Crippen molar-refractivity contribution in [1.82, 2.24) is 4.98 Å². The summed E-state index contributed by atoms with van der Waals surface area (Å²) in [5, 5.41) is 12.2. The molecule has 8 heteroatoms. The van der Waals surface area contributed by atoms with Gasteiger partial charge in [0.15, 0.2) is 0 Å². The number of aromatic carboxylic acids is 1. The number of methoxy groups -OCH3 is 1. The molecule has 26 heavy (non-hydrogen) atoms. The third-order valence-electron chi connectivity index (χ3n) is 3.47. The van der Waals surface area contributed by atoms with E-state index in [9.17, 15) is 9.59 Å². The second-order valence-electron chi connectivity index (χ2n) is 5.61. The van der Waals surface area contributed by atoms with Crippen molar-refractivity contribution in [3.63, 3.8) is 0 Å². The number of ether oxygens (including phenoxy) is 2. The largest absolute Gasteiger partial charge is 0.486 e. The Bertz CT molecular complexity index is 825. The highest BCUT2D eigenvalue weighted by molar-refractivity contribution is 6.31. The smallest absolute Gasteiger partial charge is 0.337 e. The summed E-state index contributed by atoms with van der Waals surface area (Å²) in [7, 11) is 1.57. The molecule has 0 aliphatic rings. The van der Waals surface area contributed by atoms with Gasteiger partial charge in [-0.15, -0.1) is 0 Å². The molecule has 0 aliphatic carbocycles. The van der Waals surface area contributed by atoms with Gasteiger partial charge < -0.3 is 19.9 Å². The van der Waals surface area contributed by atoms with Crippen molar-refractivity contribution in [2.75, 3.05) is 19.0 Å². The summed E-state index contributed by atoms with van der Waals surface area (Å²) in [5.74, 6) is -1.16. The van der Waals surface area contributed by atoms with Crippen LogP contribution in [0.4, 0.5) is 5.69 Å². The second-order valence-corrected chi connectivity index (χ2v) is 6.05. The molecule has 2 N–H and O–H groups in total. The van der Waals surface area contributed by atoms with E-state index >= 15 is 0 Å². The van der Waals surface area contributed by atoms with Gasteiger partial charge in [-0.05, 0) is 44.2 Å². The van der Waals surface area contributed by atoms with Gasteiger partial charge in [0.1, 0.15) is 17.5 Å². The molecule has 2 rings (SSSR count). The van der Waals surface area contributed by atoms with E-state index in [4.69, 9.17) is 26.2 Å². The number of nitrogens with one attached hydrogen (secondary N) is 1. The van der Waals surface area contributed by atoms with Crippen LogP contribution in [0.5, 0.6) is 5.75 Å². The molecule has 1 heterocycles. The molecular weight excluding hydrogens is 360 g/mol. The van der Waals surface area contributed by atoms with E-state index in [1.807, 2.05) is 6.92 Å². The van der Waals surface area contributed by atoms with Crippen molar-refractivity contribution in [3.05, 3.63) is 52.3 Å². The van der Waals surface area contributed by atoms with Crippen molar-refractivity contribution in [2.45, 2.75) is 20.0 Å². The lowest BCUT2D eigenvalue weighted by atomic mass is 10.2. The first-order chi connectivity index (χ1) is 12.3. The van der Waals surface area contributed by atoms with E-state index in [1.54, 1.807) is 25.3 Å². The van der Waals surface area contributed by atoms with Gasteiger partial charge in [0, 0.05) is 12.1 Å². The van der Waals surface area contributed by atoms with Gasteiger partial charge >= 0.3 is 5.97 Å². The van der Waals surface area contributed by atoms with Gasteiger partial charge in [-0.25, -0.2) is 9.78 Å². The van der Waals surface area contributed by atoms with Crippen molar-refractivity contribution in [3.8, 4) is 5.75 Å². The summed E-state index contributed by atoms with van der Waals surface area (Å²) >= 11 is 6.01. The fourth-order valence-electron chi connectivity index (χ4n) is 2.29. The SMILES string of the molecule is COCC(C)Oc1ccc(Cl)cc1NC(=O)c1ccc(C(=O)O)c(C)n1. The van der Waals surface area contributed by atoms with Crippen molar-refractivity contribution in [2.24, 2.45) is 0 Å². The minimum Gasteiger partial charge on any atom is -0.486 e. The Morgan fingerprint density at radius 2 is 2.04 bits per heavy atom. The first kappa shape index (κ1) is 19.7. The minimum absolute atomic E-state index is 0.0433. The maximum atomic E-state index is 12.5. The highest BCUT2D eigenvalue weighted by atomic mass is 35.5. The van der Waals surface area contributed by atoms with Crippen molar-refractivity contribution in [1.29, 1.82) is 0 Å². The van der Waals surface area contributed by atoms with Crippen LogP contribution in [-0.4, -0.2) is 41.8 Å². The second kappa shape index (κ2) is 8.64. The van der Waals surface area contributed by atoms with E-state index in [-0.39, 0.29) is 23.1 Å². The number of anilines is 1. The Kier molecular flexibility index (Phi) is 6.54. The number of carbonyl (C=O) groups excluding carboxylic acids is 1. The lowest BCUT2D eigenvalue weighted by Crippen LogP contribution is -2.20. The number of carboxylic acids is 1. The number of carbonyl (C=O) groups is 2. The molecule has 0 saturated heterocycles. The number of nitrogens with zero attached hydrogens (tertiary/aromatic N) is 1. The van der Waals surface area contributed by atoms with Crippen LogP contribution in [0.3, 0.4) is 0 Å². The number of halogens is 1. The topological polar surface area (TPSA) is 97.8 Å². The zero-order chi connectivity index (χ0) is 19.3. The van der Waals surface area contributed by atoms with E-state index < -0.39 is 11.9 Å². The predicted molar refractivity (Wildman–Crippen MR) is 97.3 cm³/mol. The Hall–Kier alpha value is -2.64. The molecule has 0 saturated carbocycles. The Morgan fingerprint density at radius 3 is 2.65 bits per heavy atom. The Labute approximate surface area is 155 Å². The molecular formula is C18H19ClN2O5. The number of aryl methyl sites for hydroxylation is 1. The first-order valence-electron chi connectivity index (χ1n) is 7.79. The van der Waals surface area contributed by atoms with E-state index in [1.165, 1.54) is 19.1 Å². The molecule has 1 amide bonds. The van der Waals surface area contributed by atoms with Crippen LogP contribution in [0.15, 0.2) is 30.3 Å². The van der Waals surface area contributed by atoms with Crippen LogP contribution in [0.1, 0.15) is 33.5 Å². The lowest BCUT2D eigenvalue weighted by Gasteiger charge is -2.17. The van der Waals surface area contributed by atoms with Gasteiger partial charge in [0.25, 0.3) is 5.91 Å². The van der Waals surface area contributed by atoms with E-state index in [0.717, 1.165) is 0 Å². The van der Waals surface area contributed by atoms with E-state index in [0.29, 0.717) is 23.1 Å². The molecule has 1 aromatic heterocycles. The number of rotatable bonds is 7. The predicted octanol–water partition coefficient (Wildman–Crippen LogP) is 3.41. The quantitative estimate of drug-likeness (QED) is 0.766. The number of hydrogen-bond acceptors (Lipinski definition) is 5. The zero-order valence-electron chi connectivity index (χ0n) is 14.6. The number of hydrogen-bond donors (Lipinski definition) is 2. The molecule has 0 spiro atoms. The average Bonchev–Trinajstić information content (AvgIpc) is 2.57. The summed E-state index contributed by atoms with van der Waals surface area (Å²) in [4.78, 5) is 27.6. The number of carboxylic acid groups (broad SMARTS) is 1. The van der Waals surface area contributed by atoms with Gasteiger partial charge in [0.05, 0.1) is 23.6 Å².